The monoisotopic (exact) mass is 192 g/mol. The van der Waals surface area contributed by atoms with E-state index in [0.717, 1.165) is 18.0 Å². The number of hydrogen-bond acceptors (Lipinski definition) is 4. The minimum atomic E-state index is 0.629. The minimum absolute atomic E-state index is 0.629. The highest BCUT2D eigenvalue weighted by atomic mass is 16.3. The number of furan rings is 1. The van der Waals surface area contributed by atoms with Crippen molar-refractivity contribution in [1.29, 1.82) is 0 Å². The lowest BCUT2D eigenvalue weighted by atomic mass is 10.4. The van der Waals surface area contributed by atoms with Crippen LogP contribution in [0.15, 0.2) is 29.0 Å². The Hall–Kier alpha value is -1.62. The van der Waals surface area contributed by atoms with E-state index < -0.39 is 0 Å². The zero-order valence-electron chi connectivity index (χ0n) is 7.97. The first-order valence-corrected chi connectivity index (χ1v) is 4.44. The Morgan fingerprint density at radius 3 is 3.21 bits per heavy atom. The van der Waals surface area contributed by atoms with Gasteiger partial charge in [-0.1, -0.05) is 5.21 Å². The molecule has 1 N–H and O–H groups in total. The summed E-state index contributed by atoms with van der Waals surface area (Å²) in [4.78, 5) is 0. The third kappa shape index (κ3) is 2.00. The molecule has 2 rings (SSSR count). The van der Waals surface area contributed by atoms with E-state index in [4.69, 9.17) is 4.42 Å². The molecule has 2 heterocycles. The van der Waals surface area contributed by atoms with Crippen molar-refractivity contribution in [1.82, 2.24) is 20.3 Å². The maximum atomic E-state index is 5.20. The van der Waals surface area contributed by atoms with Gasteiger partial charge < -0.3 is 9.73 Å². The van der Waals surface area contributed by atoms with Crippen LogP contribution in [-0.2, 0) is 13.1 Å². The molecule has 74 valence electrons. The fourth-order valence-corrected chi connectivity index (χ4v) is 1.24. The maximum Gasteiger partial charge on any atom is 0.125 e. The number of aromatic nitrogens is 3. The maximum absolute atomic E-state index is 5.20. The molecule has 0 aliphatic rings. The lowest BCUT2D eigenvalue weighted by molar-refractivity contribution is 0.475. The van der Waals surface area contributed by atoms with Gasteiger partial charge in [-0.05, 0) is 19.2 Å². The van der Waals surface area contributed by atoms with Gasteiger partial charge >= 0.3 is 0 Å². The van der Waals surface area contributed by atoms with E-state index in [1.54, 1.807) is 10.9 Å². The van der Waals surface area contributed by atoms with Crippen molar-refractivity contribution < 1.29 is 4.42 Å². The largest absolute Gasteiger partial charge is 0.467 e. The summed E-state index contributed by atoms with van der Waals surface area (Å²) in [6.45, 7) is 1.36. The molecule has 2 aromatic heterocycles. The van der Waals surface area contributed by atoms with Crippen molar-refractivity contribution in [2.24, 2.45) is 0 Å². The Labute approximate surface area is 81.7 Å². The molecule has 14 heavy (non-hydrogen) atoms. The van der Waals surface area contributed by atoms with Crippen molar-refractivity contribution in [3.05, 3.63) is 36.0 Å². The Kier molecular flexibility index (Phi) is 2.60. The average molecular weight is 192 g/mol. The van der Waals surface area contributed by atoms with Gasteiger partial charge in [-0.25, -0.2) is 4.68 Å². The fourth-order valence-electron chi connectivity index (χ4n) is 1.24. The first-order chi connectivity index (χ1) is 6.88. The SMILES string of the molecule is CNCc1cn(Cc2ccco2)nn1. The second-order valence-corrected chi connectivity index (χ2v) is 3.02. The van der Waals surface area contributed by atoms with Crippen LogP contribution in [-0.4, -0.2) is 22.0 Å². The van der Waals surface area contributed by atoms with Gasteiger partial charge in [-0.15, -0.1) is 5.10 Å². The van der Waals surface area contributed by atoms with Crippen LogP contribution < -0.4 is 5.32 Å². The molecule has 0 aliphatic heterocycles. The molecule has 0 spiro atoms. The smallest absolute Gasteiger partial charge is 0.125 e. The minimum Gasteiger partial charge on any atom is -0.467 e. The van der Waals surface area contributed by atoms with Crippen LogP contribution in [0.1, 0.15) is 11.5 Å². The molecule has 0 amide bonds. The Balaban J connectivity index is 2.03. The molecular weight excluding hydrogens is 180 g/mol. The van der Waals surface area contributed by atoms with Crippen LogP contribution in [0.3, 0.4) is 0 Å². The van der Waals surface area contributed by atoms with Crippen molar-refractivity contribution in [3.63, 3.8) is 0 Å². The van der Waals surface area contributed by atoms with Crippen LogP contribution in [0.25, 0.3) is 0 Å². The summed E-state index contributed by atoms with van der Waals surface area (Å²) in [5, 5.41) is 11.0. The Bertz CT molecular complexity index is 379. The van der Waals surface area contributed by atoms with Crippen LogP contribution in [0.5, 0.6) is 0 Å². The topological polar surface area (TPSA) is 55.9 Å². The predicted molar refractivity (Wildman–Crippen MR) is 50.6 cm³/mol. The number of nitrogens with zero attached hydrogens (tertiary/aromatic N) is 3. The molecule has 2 aromatic rings. The molecule has 0 saturated heterocycles. The van der Waals surface area contributed by atoms with Gasteiger partial charge in [0.15, 0.2) is 0 Å². The first-order valence-electron chi connectivity index (χ1n) is 4.44. The summed E-state index contributed by atoms with van der Waals surface area (Å²) in [5.41, 5.74) is 0.930. The molecule has 5 nitrogen and oxygen atoms in total. The van der Waals surface area contributed by atoms with Gasteiger partial charge in [0.2, 0.25) is 0 Å². The summed E-state index contributed by atoms with van der Waals surface area (Å²) >= 11 is 0. The first kappa shape index (κ1) is 8.96. The second-order valence-electron chi connectivity index (χ2n) is 3.02. The van der Waals surface area contributed by atoms with E-state index >= 15 is 0 Å². The second kappa shape index (κ2) is 4.06. The van der Waals surface area contributed by atoms with E-state index in [1.807, 2.05) is 25.4 Å². The summed E-state index contributed by atoms with van der Waals surface area (Å²) < 4.78 is 6.96. The summed E-state index contributed by atoms with van der Waals surface area (Å²) in [7, 11) is 1.88. The summed E-state index contributed by atoms with van der Waals surface area (Å²) in [5.74, 6) is 0.880. The van der Waals surface area contributed by atoms with E-state index in [1.165, 1.54) is 0 Å². The van der Waals surface area contributed by atoms with Crippen LogP contribution >= 0.6 is 0 Å². The molecule has 0 aliphatic carbocycles. The highest BCUT2D eigenvalue weighted by Gasteiger charge is 2.01. The fraction of sp³-hybridized carbons (Fsp3) is 0.333. The van der Waals surface area contributed by atoms with Crippen LogP contribution in [0.2, 0.25) is 0 Å². The van der Waals surface area contributed by atoms with Crippen molar-refractivity contribution in [3.8, 4) is 0 Å². The lowest BCUT2D eigenvalue weighted by Gasteiger charge is -1.94. The molecular formula is C9H12N4O. The Morgan fingerprint density at radius 1 is 1.57 bits per heavy atom. The Morgan fingerprint density at radius 2 is 2.50 bits per heavy atom. The van der Waals surface area contributed by atoms with Crippen molar-refractivity contribution in [2.45, 2.75) is 13.1 Å². The predicted octanol–water partition coefficient (Wildman–Crippen LogP) is 0.639. The molecule has 0 radical (unpaired) electrons. The molecule has 5 heteroatoms. The zero-order chi connectivity index (χ0) is 9.80. The van der Waals surface area contributed by atoms with E-state index in [0.29, 0.717) is 6.54 Å². The van der Waals surface area contributed by atoms with E-state index in [9.17, 15) is 0 Å². The van der Waals surface area contributed by atoms with E-state index in [2.05, 4.69) is 15.6 Å². The third-order valence-corrected chi connectivity index (χ3v) is 1.84. The third-order valence-electron chi connectivity index (χ3n) is 1.84. The molecule has 0 bridgehead atoms. The van der Waals surface area contributed by atoms with Gasteiger partial charge in [0.05, 0.1) is 18.2 Å². The molecule has 0 unspecified atom stereocenters. The van der Waals surface area contributed by atoms with Gasteiger partial charge in [-0.3, -0.25) is 0 Å². The molecule has 0 atom stereocenters. The number of nitrogens with one attached hydrogen (secondary N) is 1. The lowest BCUT2D eigenvalue weighted by Crippen LogP contribution is -2.05. The number of rotatable bonds is 4. The average Bonchev–Trinajstić information content (AvgIpc) is 2.79. The van der Waals surface area contributed by atoms with Crippen LogP contribution in [0.4, 0.5) is 0 Å². The zero-order valence-corrected chi connectivity index (χ0v) is 7.97. The van der Waals surface area contributed by atoms with Crippen molar-refractivity contribution >= 4 is 0 Å². The highest BCUT2D eigenvalue weighted by molar-refractivity contribution is 5.00. The summed E-state index contributed by atoms with van der Waals surface area (Å²) in [6.07, 6.45) is 3.56. The van der Waals surface area contributed by atoms with Gasteiger partial charge in [-0.2, -0.15) is 0 Å². The van der Waals surface area contributed by atoms with Gasteiger partial charge in [0.1, 0.15) is 12.3 Å². The normalized spacial score (nSPS) is 10.6. The van der Waals surface area contributed by atoms with E-state index in [-0.39, 0.29) is 0 Å². The standard InChI is InChI=1S/C9H12N4O/c1-10-5-8-6-13(12-11-8)7-9-3-2-4-14-9/h2-4,6,10H,5,7H2,1H3. The molecule has 0 aromatic carbocycles. The van der Waals surface area contributed by atoms with Crippen molar-refractivity contribution in [2.75, 3.05) is 7.05 Å². The van der Waals surface area contributed by atoms with Gasteiger partial charge in [0, 0.05) is 6.54 Å². The highest BCUT2D eigenvalue weighted by Crippen LogP contribution is 2.02. The van der Waals surface area contributed by atoms with Gasteiger partial charge in [0.25, 0.3) is 0 Å². The quantitative estimate of drug-likeness (QED) is 0.772. The summed E-state index contributed by atoms with van der Waals surface area (Å²) in [6, 6.07) is 3.78. The molecule has 0 saturated carbocycles. The van der Waals surface area contributed by atoms with Crippen LogP contribution in [0, 0.1) is 0 Å². The molecule has 0 fully saturated rings. The number of hydrogen-bond donors (Lipinski definition) is 1.